The van der Waals surface area contributed by atoms with Gasteiger partial charge in [-0.2, -0.15) is 0 Å². The summed E-state index contributed by atoms with van der Waals surface area (Å²) in [6.45, 7) is 1.28. The van der Waals surface area contributed by atoms with E-state index in [1.54, 1.807) is 0 Å². The first kappa shape index (κ1) is 13.9. The number of carbonyl (C=O) groups excluding carboxylic acids is 2. The van der Waals surface area contributed by atoms with Crippen molar-refractivity contribution in [3.63, 3.8) is 0 Å². The highest BCUT2D eigenvalue weighted by atomic mass is 19.1. The van der Waals surface area contributed by atoms with Crippen LogP contribution in [0.4, 0.5) is 14.5 Å². The standard InChI is InChI=1S/C15H11F2NO2/c1-9(19)13-8-12(17)6-7-14(13)18-15(20)10-2-4-11(16)5-3-10/h2-8H,1H3,(H,18,20). The summed E-state index contributed by atoms with van der Waals surface area (Å²) in [6.07, 6.45) is 0. The van der Waals surface area contributed by atoms with Crippen molar-refractivity contribution in [3.8, 4) is 0 Å². The number of halogens is 2. The third-order valence-corrected chi connectivity index (χ3v) is 2.72. The van der Waals surface area contributed by atoms with Crippen LogP contribution in [0.1, 0.15) is 27.6 Å². The Kier molecular flexibility index (Phi) is 3.89. The van der Waals surface area contributed by atoms with Gasteiger partial charge in [0.05, 0.1) is 5.69 Å². The number of benzene rings is 2. The van der Waals surface area contributed by atoms with Gasteiger partial charge in [0.2, 0.25) is 0 Å². The van der Waals surface area contributed by atoms with Gasteiger partial charge in [-0.3, -0.25) is 9.59 Å². The lowest BCUT2D eigenvalue weighted by molar-refractivity contribution is 0.101. The molecule has 0 aliphatic carbocycles. The van der Waals surface area contributed by atoms with E-state index in [1.807, 2.05) is 0 Å². The monoisotopic (exact) mass is 275 g/mol. The normalized spacial score (nSPS) is 10.2. The average molecular weight is 275 g/mol. The van der Waals surface area contributed by atoms with E-state index in [2.05, 4.69) is 5.32 Å². The fraction of sp³-hybridized carbons (Fsp3) is 0.0667. The van der Waals surface area contributed by atoms with Gasteiger partial charge in [-0.15, -0.1) is 0 Å². The Morgan fingerprint density at radius 2 is 1.55 bits per heavy atom. The predicted octanol–water partition coefficient (Wildman–Crippen LogP) is 3.42. The maximum Gasteiger partial charge on any atom is 0.255 e. The van der Waals surface area contributed by atoms with Crippen molar-refractivity contribution in [1.29, 1.82) is 0 Å². The van der Waals surface area contributed by atoms with E-state index in [-0.39, 0.29) is 22.6 Å². The van der Waals surface area contributed by atoms with E-state index in [4.69, 9.17) is 0 Å². The van der Waals surface area contributed by atoms with E-state index in [1.165, 1.54) is 25.1 Å². The Morgan fingerprint density at radius 3 is 2.15 bits per heavy atom. The Morgan fingerprint density at radius 1 is 0.950 bits per heavy atom. The van der Waals surface area contributed by atoms with E-state index in [9.17, 15) is 18.4 Å². The number of rotatable bonds is 3. The van der Waals surface area contributed by atoms with Crippen LogP contribution in [-0.4, -0.2) is 11.7 Å². The third-order valence-electron chi connectivity index (χ3n) is 2.72. The topological polar surface area (TPSA) is 46.2 Å². The molecule has 0 radical (unpaired) electrons. The summed E-state index contributed by atoms with van der Waals surface area (Å²) in [5.41, 5.74) is 0.541. The van der Waals surface area contributed by atoms with Gasteiger partial charge in [-0.05, 0) is 49.4 Å². The van der Waals surface area contributed by atoms with Crippen LogP contribution in [0, 0.1) is 11.6 Å². The summed E-state index contributed by atoms with van der Waals surface area (Å²) in [5.74, 6) is -1.87. The van der Waals surface area contributed by atoms with Gasteiger partial charge in [-0.25, -0.2) is 8.78 Å². The van der Waals surface area contributed by atoms with Crippen molar-refractivity contribution in [3.05, 3.63) is 65.2 Å². The molecule has 3 nitrogen and oxygen atoms in total. The first-order valence-corrected chi connectivity index (χ1v) is 5.85. The molecule has 102 valence electrons. The quantitative estimate of drug-likeness (QED) is 0.872. The van der Waals surface area contributed by atoms with Crippen LogP contribution in [0.5, 0.6) is 0 Å². The molecular formula is C15H11F2NO2. The highest BCUT2D eigenvalue weighted by molar-refractivity contribution is 6.08. The van der Waals surface area contributed by atoms with Crippen molar-refractivity contribution in [2.45, 2.75) is 6.92 Å². The van der Waals surface area contributed by atoms with Gasteiger partial charge in [0.1, 0.15) is 11.6 Å². The van der Waals surface area contributed by atoms with Crippen molar-refractivity contribution >= 4 is 17.4 Å². The number of Topliss-reactive ketones (excluding diaryl/α,β-unsaturated/α-hetero) is 1. The number of amides is 1. The molecule has 0 aromatic heterocycles. The lowest BCUT2D eigenvalue weighted by Crippen LogP contribution is -2.14. The molecule has 0 spiro atoms. The zero-order chi connectivity index (χ0) is 14.7. The molecule has 1 N–H and O–H groups in total. The smallest absolute Gasteiger partial charge is 0.255 e. The molecule has 20 heavy (non-hydrogen) atoms. The number of hydrogen-bond donors (Lipinski definition) is 1. The highest BCUT2D eigenvalue weighted by Gasteiger charge is 2.12. The van der Waals surface area contributed by atoms with E-state index in [0.717, 1.165) is 24.3 Å². The Hall–Kier alpha value is -2.56. The molecule has 1 amide bonds. The Labute approximate surface area is 114 Å². The second kappa shape index (κ2) is 5.61. The molecule has 0 aliphatic heterocycles. The SMILES string of the molecule is CC(=O)c1cc(F)ccc1NC(=O)c1ccc(F)cc1. The molecule has 0 fully saturated rings. The van der Waals surface area contributed by atoms with Gasteiger partial charge in [0.25, 0.3) is 5.91 Å². The van der Waals surface area contributed by atoms with Gasteiger partial charge < -0.3 is 5.32 Å². The van der Waals surface area contributed by atoms with Crippen LogP contribution in [-0.2, 0) is 0 Å². The number of nitrogens with one attached hydrogen (secondary N) is 1. The van der Waals surface area contributed by atoms with Crippen LogP contribution in [0.15, 0.2) is 42.5 Å². The van der Waals surface area contributed by atoms with Crippen molar-refractivity contribution in [2.24, 2.45) is 0 Å². The minimum Gasteiger partial charge on any atom is -0.321 e. The maximum absolute atomic E-state index is 13.1. The zero-order valence-corrected chi connectivity index (χ0v) is 10.6. The molecule has 2 rings (SSSR count). The van der Waals surface area contributed by atoms with E-state index < -0.39 is 17.5 Å². The number of ketones is 1. The van der Waals surface area contributed by atoms with Gasteiger partial charge in [-0.1, -0.05) is 0 Å². The molecule has 0 heterocycles. The number of anilines is 1. The molecule has 2 aromatic rings. The van der Waals surface area contributed by atoms with Gasteiger partial charge >= 0.3 is 0 Å². The second-order valence-electron chi connectivity index (χ2n) is 4.21. The van der Waals surface area contributed by atoms with Crippen LogP contribution >= 0.6 is 0 Å². The lowest BCUT2D eigenvalue weighted by atomic mass is 10.1. The minimum absolute atomic E-state index is 0.0838. The molecule has 0 saturated heterocycles. The predicted molar refractivity (Wildman–Crippen MR) is 70.8 cm³/mol. The van der Waals surface area contributed by atoms with Gasteiger partial charge in [0, 0.05) is 11.1 Å². The first-order chi connectivity index (χ1) is 9.47. The lowest BCUT2D eigenvalue weighted by Gasteiger charge is -2.09. The molecular weight excluding hydrogens is 264 g/mol. The Balaban J connectivity index is 2.28. The zero-order valence-electron chi connectivity index (χ0n) is 10.6. The summed E-state index contributed by atoms with van der Waals surface area (Å²) in [6, 6.07) is 8.48. The largest absolute Gasteiger partial charge is 0.321 e. The number of carbonyl (C=O) groups is 2. The average Bonchev–Trinajstić information content (AvgIpc) is 2.41. The maximum atomic E-state index is 13.1. The summed E-state index contributed by atoms with van der Waals surface area (Å²) in [4.78, 5) is 23.4. The molecule has 0 saturated carbocycles. The molecule has 0 unspecified atom stereocenters. The summed E-state index contributed by atoms with van der Waals surface area (Å²) >= 11 is 0. The molecule has 0 aliphatic rings. The van der Waals surface area contributed by atoms with Crippen LogP contribution in [0.3, 0.4) is 0 Å². The van der Waals surface area contributed by atoms with Crippen LogP contribution < -0.4 is 5.32 Å². The summed E-state index contributed by atoms with van der Waals surface area (Å²) < 4.78 is 25.9. The molecule has 2 aromatic carbocycles. The fourth-order valence-electron chi connectivity index (χ4n) is 1.71. The third kappa shape index (κ3) is 3.06. The van der Waals surface area contributed by atoms with Crippen molar-refractivity contribution in [1.82, 2.24) is 0 Å². The fourth-order valence-corrected chi connectivity index (χ4v) is 1.71. The number of hydrogen-bond acceptors (Lipinski definition) is 2. The summed E-state index contributed by atoms with van der Waals surface area (Å²) in [7, 11) is 0. The van der Waals surface area contributed by atoms with E-state index in [0.29, 0.717) is 0 Å². The summed E-state index contributed by atoms with van der Waals surface area (Å²) in [5, 5.41) is 2.51. The highest BCUT2D eigenvalue weighted by Crippen LogP contribution is 2.18. The minimum atomic E-state index is -0.560. The van der Waals surface area contributed by atoms with Gasteiger partial charge in [0.15, 0.2) is 5.78 Å². The molecule has 0 bridgehead atoms. The second-order valence-corrected chi connectivity index (χ2v) is 4.21. The first-order valence-electron chi connectivity index (χ1n) is 5.85. The molecule has 5 heteroatoms. The molecule has 0 atom stereocenters. The van der Waals surface area contributed by atoms with Crippen molar-refractivity contribution in [2.75, 3.05) is 5.32 Å². The van der Waals surface area contributed by atoms with Crippen molar-refractivity contribution < 1.29 is 18.4 Å². The Bertz CT molecular complexity index is 666. The van der Waals surface area contributed by atoms with Crippen LogP contribution in [0.25, 0.3) is 0 Å². The van der Waals surface area contributed by atoms with E-state index >= 15 is 0 Å². The van der Waals surface area contributed by atoms with Crippen LogP contribution in [0.2, 0.25) is 0 Å².